The number of urea groups is 1. The fourth-order valence-electron chi connectivity index (χ4n) is 2.37. The van der Waals surface area contributed by atoms with Crippen molar-refractivity contribution in [2.45, 2.75) is 52.7 Å². The smallest absolute Gasteiger partial charge is 0.315 e. The third kappa shape index (κ3) is 2.09. The van der Waals surface area contributed by atoms with Crippen molar-refractivity contribution in [1.29, 1.82) is 0 Å². The summed E-state index contributed by atoms with van der Waals surface area (Å²) in [6.45, 7) is 11.1. The zero-order chi connectivity index (χ0) is 13.5. The Kier molecular flexibility index (Phi) is 3.09. The fourth-order valence-corrected chi connectivity index (χ4v) is 2.37. The molecule has 0 aliphatic carbocycles. The van der Waals surface area contributed by atoms with Gasteiger partial charge in [0, 0.05) is 18.1 Å². The molecule has 0 fully saturated rings. The molecule has 2 rings (SSSR count). The lowest BCUT2D eigenvalue weighted by Crippen LogP contribution is -2.56. The van der Waals surface area contributed by atoms with Gasteiger partial charge in [0.05, 0.1) is 5.69 Å². The molecule has 0 N–H and O–H groups in total. The Hall–Kier alpha value is -1.51. The van der Waals surface area contributed by atoms with Gasteiger partial charge in [0.15, 0.2) is 0 Å². The van der Waals surface area contributed by atoms with Crippen LogP contribution in [0.15, 0.2) is 24.3 Å². The molecule has 3 nitrogen and oxygen atoms in total. The molecule has 0 atom stereocenters. The highest BCUT2D eigenvalue weighted by molar-refractivity contribution is 5.95. The van der Waals surface area contributed by atoms with Crippen molar-refractivity contribution in [1.82, 2.24) is 4.90 Å². The highest BCUT2D eigenvalue weighted by Crippen LogP contribution is 2.33. The zero-order valence-corrected chi connectivity index (χ0v) is 11.9. The second-order valence-electron chi connectivity index (χ2n) is 6.13. The number of anilines is 1. The van der Waals surface area contributed by atoms with E-state index in [0.29, 0.717) is 6.54 Å². The van der Waals surface area contributed by atoms with Crippen LogP contribution in [0.2, 0.25) is 0 Å². The predicted molar refractivity (Wildman–Crippen MR) is 74.7 cm³/mol. The third-order valence-corrected chi connectivity index (χ3v) is 3.34. The average Bonchev–Trinajstić information content (AvgIpc) is 2.26. The summed E-state index contributed by atoms with van der Waals surface area (Å²) >= 11 is 0. The van der Waals surface area contributed by atoms with E-state index in [-0.39, 0.29) is 17.6 Å². The van der Waals surface area contributed by atoms with Gasteiger partial charge >= 0.3 is 6.03 Å². The number of carbonyl (C=O) groups excluding carboxylic acids is 1. The van der Waals surface area contributed by atoms with E-state index in [1.165, 1.54) is 5.56 Å². The Labute approximate surface area is 109 Å². The number of rotatable bonds is 1. The quantitative estimate of drug-likeness (QED) is 0.742. The SMILES string of the molecule is CC(C)N1C(=O)N(C(C)(C)C)Cc2ccccc21. The molecule has 2 amide bonds. The Morgan fingerprint density at radius 2 is 1.78 bits per heavy atom. The summed E-state index contributed by atoms with van der Waals surface area (Å²) in [6, 6.07) is 8.45. The summed E-state index contributed by atoms with van der Waals surface area (Å²) < 4.78 is 0. The minimum absolute atomic E-state index is 0.108. The van der Waals surface area contributed by atoms with E-state index in [0.717, 1.165) is 5.69 Å². The van der Waals surface area contributed by atoms with Gasteiger partial charge in [0.25, 0.3) is 0 Å². The van der Waals surface area contributed by atoms with Gasteiger partial charge < -0.3 is 4.90 Å². The van der Waals surface area contributed by atoms with E-state index < -0.39 is 0 Å². The number of nitrogens with zero attached hydrogens (tertiary/aromatic N) is 2. The van der Waals surface area contributed by atoms with E-state index >= 15 is 0 Å². The van der Waals surface area contributed by atoms with Gasteiger partial charge in [-0.2, -0.15) is 0 Å². The van der Waals surface area contributed by atoms with E-state index in [4.69, 9.17) is 0 Å². The van der Waals surface area contributed by atoms with Gasteiger partial charge in [0.1, 0.15) is 0 Å². The minimum Gasteiger partial charge on any atom is -0.315 e. The van der Waals surface area contributed by atoms with Crippen LogP contribution in [0.25, 0.3) is 0 Å². The number of amides is 2. The standard InChI is InChI=1S/C15H22N2O/c1-11(2)17-13-9-7-6-8-12(13)10-16(14(17)18)15(3,4)5/h6-9,11H,10H2,1-5H3. The predicted octanol–water partition coefficient (Wildman–Crippen LogP) is 3.64. The molecule has 0 saturated heterocycles. The van der Waals surface area contributed by atoms with Crippen molar-refractivity contribution in [3.05, 3.63) is 29.8 Å². The highest BCUT2D eigenvalue weighted by atomic mass is 16.2. The van der Waals surface area contributed by atoms with Crippen LogP contribution in [0, 0.1) is 0 Å². The van der Waals surface area contributed by atoms with Gasteiger partial charge in [0.2, 0.25) is 0 Å². The second kappa shape index (κ2) is 4.30. The molecule has 1 aliphatic heterocycles. The van der Waals surface area contributed by atoms with Crippen LogP contribution >= 0.6 is 0 Å². The number of carbonyl (C=O) groups is 1. The molecule has 0 aromatic heterocycles. The van der Waals surface area contributed by atoms with Crippen LogP contribution in [-0.4, -0.2) is 22.5 Å². The number of hydrogen-bond donors (Lipinski definition) is 0. The van der Waals surface area contributed by atoms with E-state index in [2.05, 4.69) is 40.7 Å². The number of fused-ring (bicyclic) bond motifs is 1. The van der Waals surface area contributed by atoms with E-state index in [1.807, 2.05) is 28.0 Å². The van der Waals surface area contributed by atoms with Crippen LogP contribution < -0.4 is 4.90 Å². The Morgan fingerprint density at radius 1 is 1.17 bits per heavy atom. The molecule has 1 heterocycles. The molecule has 0 unspecified atom stereocenters. The molecule has 0 bridgehead atoms. The summed E-state index contributed by atoms with van der Waals surface area (Å²) in [5.74, 6) is 0. The van der Waals surface area contributed by atoms with Crippen molar-refractivity contribution in [2.75, 3.05) is 4.90 Å². The Balaban J connectivity index is 2.50. The van der Waals surface area contributed by atoms with E-state index in [9.17, 15) is 4.79 Å². The van der Waals surface area contributed by atoms with Gasteiger partial charge in [-0.1, -0.05) is 18.2 Å². The van der Waals surface area contributed by atoms with Crippen molar-refractivity contribution in [3.63, 3.8) is 0 Å². The molecule has 0 radical (unpaired) electrons. The molecule has 98 valence electrons. The lowest BCUT2D eigenvalue weighted by atomic mass is 10.0. The Morgan fingerprint density at radius 3 is 2.33 bits per heavy atom. The number of para-hydroxylation sites is 1. The summed E-state index contributed by atoms with van der Waals surface area (Å²) in [5, 5.41) is 0. The monoisotopic (exact) mass is 246 g/mol. The van der Waals surface area contributed by atoms with Crippen molar-refractivity contribution in [3.8, 4) is 0 Å². The molecule has 3 heteroatoms. The first-order valence-corrected chi connectivity index (χ1v) is 6.51. The molecule has 18 heavy (non-hydrogen) atoms. The topological polar surface area (TPSA) is 23.6 Å². The van der Waals surface area contributed by atoms with Crippen LogP contribution in [0.3, 0.4) is 0 Å². The summed E-state index contributed by atoms with van der Waals surface area (Å²) in [4.78, 5) is 16.5. The van der Waals surface area contributed by atoms with Gasteiger partial charge in [-0.05, 0) is 46.2 Å². The maximum atomic E-state index is 12.6. The molecular weight excluding hydrogens is 224 g/mol. The maximum Gasteiger partial charge on any atom is 0.325 e. The van der Waals surface area contributed by atoms with E-state index in [1.54, 1.807) is 0 Å². The van der Waals surface area contributed by atoms with Gasteiger partial charge in [-0.25, -0.2) is 4.79 Å². The molecule has 1 aromatic rings. The number of hydrogen-bond acceptors (Lipinski definition) is 1. The molecular formula is C15H22N2O. The van der Waals surface area contributed by atoms with Crippen LogP contribution in [0.5, 0.6) is 0 Å². The molecule has 0 saturated carbocycles. The van der Waals surface area contributed by atoms with Crippen molar-refractivity contribution < 1.29 is 4.79 Å². The number of benzene rings is 1. The zero-order valence-electron chi connectivity index (χ0n) is 11.9. The van der Waals surface area contributed by atoms with Crippen molar-refractivity contribution >= 4 is 11.7 Å². The highest BCUT2D eigenvalue weighted by Gasteiger charge is 2.36. The van der Waals surface area contributed by atoms with Crippen LogP contribution in [0.4, 0.5) is 10.5 Å². The molecule has 1 aromatic carbocycles. The van der Waals surface area contributed by atoms with Gasteiger partial charge in [-0.15, -0.1) is 0 Å². The van der Waals surface area contributed by atoms with Crippen LogP contribution in [-0.2, 0) is 6.54 Å². The Bertz CT molecular complexity index is 460. The average molecular weight is 246 g/mol. The first-order chi connectivity index (χ1) is 8.32. The van der Waals surface area contributed by atoms with Crippen molar-refractivity contribution in [2.24, 2.45) is 0 Å². The lowest BCUT2D eigenvalue weighted by Gasteiger charge is -2.45. The lowest BCUT2D eigenvalue weighted by molar-refractivity contribution is 0.140. The van der Waals surface area contributed by atoms with Crippen LogP contribution in [0.1, 0.15) is 40.2 Å². The minimum atomic E-state index is -0.155. The third-order valence-electron chi connectivity index (χ3n) is 3.34. The normalized spacial score (nSPS) is 16.2. The summed E-state index contributed by atoms with van der Waals surface area (Å²) in [6.07, 6.45) is 0. The fraction of sp³-hybridized carbons (Fsp3) is 0.533. The summed E-state index contributed by atoms with van der Waals surface area (Å²) in [5.41, 5.74) is 2.12. The largest absolute Gasteiger partial charge is 0.325 e. The first kappa shape index (κ1) is 12.9. The second-order valence-corrected chi connectivity index (χ2v) is 6.13. The van der Waals surface area contributed by atoms with Gasteiger partial charge in [-0.3, -0.25) is 4.90 Å². The molecule has 1 aliphatic rings. The molecule has 0 spiro atoms. The first-order valence-electron chi connectivity index (χ1n) is 6.51. The summed E-state index contributed by atoms with van der Waals surface area (Å²) in [7, 11) is 0. The maximum absolute atomic E-state index is 12.6.